The molecule has 0 fully saturated rings. The molecule has 4 aromatic rings. The molecule has 31 heavy (non-hydrogen) atoms. The van der Waals surface area contributed by atoms with E-state index in [-0.39, 0.29) is 17.2 Å². The molecule has 1 aromatic heterocycles. The van der Waals surface area contributed by atoms with Gasteiger partial charge in [-0.3, -0.25) is 14.2 Å². The highest BCUT2D eigenvalue weighted by molar-refractivity contribution is 7.99. The summed E-state index contributed by atoms with van der Waals surface area (Å²) in [5.41, 5.74) is 3.51. The fourth-order valence-electron chi connectivity index (χ4n) is 3.37. The molecule has 0 aliphatic carbocycles. The number of benzene rings is 3. The van der Waals surface area contributed by atoms with E-state index in [0.717, 1.165) is 28.6 Å². The van der Waals surface area contributed by atoms with Gasteiger partial charge >= 0.3 is 0 Å². The van der Waals surface area contributed by atoms with E-state index in [1.165, 1.54) is 18.2 Å². The third-order valence-electron chi connectivity index (χ3n) is 4.78. The summed E-state index contributed by atoms with van der Waals surface area (Å²) < 4.78 is 14.9. The van der Waals surface area contributed by atoms with Crippen LogP contribution in [0.1, 0.15) is 11.1 Å². The van der Waals surface area contributed by atoms with Gasteiger partial charge in [-0.15, -0.1) is 0 Å². The van der Waals surface area contributed by atoms with Crippen LogP contribution in [-0.4, -0.2) is 21.2 Å². The summed E-state index contributed by atoms with van der Waals surface area (Å²) in [7, 11) is 0. The number of nitrogens with one attached hydrogen (secondary N) is 1. The van der Waals surface area contributed by atoms with Gasteiger partial charge in [0.1, 0.15) is 5.82 Å². The molecule has 5 nitrogen and oxygen atoms in total. The van der Waals surface area contributed by atoms with Crippen molar-refractivity contribution in [3.05, 3.63) is 94.0 Å². The zero-order valence-corrected chi connectivity index (χ0v) is 17.9. The van der Waals surface area contributed by atoms with Crippen LogP contribution < -0.4 is 10.9 Å². The Morgan fingerprint density at radius 3 is 2.65 bits per heavy atom. The van der Waals surface area contributed by atoms with Crippen molar-refractivity contribution >= 4 is 34.3 Å². The Hall–Kier alpha value is -3.45. The van der Waals surface area contributed by atoms with Gasteiger partial charge in [0.2, 0.25) is 5.91 Å². The van der Waals surface area contributed by atoms with Crippen LogP contribution in [0, 0.1) is 19.7 Å². The van der Waals surface area contributed by atoms with Crippen molar-refractivity contribution in [2.24, 2.45) is 0 Å². The number of amides is 1. The number of hydrogen-bond acceptors (Lipinski definition) is 4. The molecule has 4 rings (SSSR count). The summed E-state index contributed by atoms with van der Waals surface area (Å²) in [6, 6.07) is 18.7. The van der Waals surface area contributed by atoms with Gasteiger partial charge in [-0.25, -0.2) is 9.37 Å². The van der Waals surface area contributed by atoms with Gasteiger partial charge in [0.25, 0.3) is 5.56 Å². The van der Waals surface area contributed by atoms with Crippen molar-refractivity contribution in [1.29, 1.82) is 0 Å². The lowest BCUT2D eigenvalue weighted by atomic mass is 10.1. The second-order valence-corrected chi connectivity index (χ2v) is 8.13. The molecular formula is C24H20FN3O2S. The number of halogens is 1. The highest BCUT2D eigenvalue weighted by Gasteiger charge is 2.16. The largest absolute Gasteiger partial charge is 0.325 e. The second-order valence-electron chi connectivity index (χ2n) is 7.19. The zero-order chi connectivity index (χ0) is 22.0. The highest BCUT2D eigenvalue weighted by Crippen LogP contribution is 2.24. The molecule has 156 valence electrons. The van der Waals surface area contributed by atoms with Crippen molar-refractivity contribution in [3.8, 4) is 5.69 Å². The normalized spacial score (nSPS) is 10.9. The van der Waals surface area contributed by atoms with E-state index in [2.05, 4.69) is 10.3 Å². The van der Waals surface area contributed by atoms with Crippen LogP contribution in [0.3, 0.4) is 0 Å². The van der Waals surface area contributed by atoms with Crippen molar-refractivity contribution in [3.63, 3.8) is 0 Å². The van der Waals surface area contributed by atoms with Crippen LogP contribution in [0.2, 0.25) is 0 Å². The average Bonchev–Trinajstić information content (AvgIpc) is 2.73. The first-order chi connectivity index (χ1) is 14.9. The Balaban J connectivity index is 1.70. The summed E-state index contributed by atoms with van der Waals surface area (Å²) in [6.07, 6.45) is 0. The molecule has 0 atom stereocenters. The Morgan fingerprint density at radius 1 is 1.06 bits per heavy atom. The summed E-state index contributed by atoms with van der Waals surface area (Å²) >= 11 is 1.16. The molecule has 0 bridgehead atoms. The number of thioether (sulfide) groups is 1. The summed E-state index contributed by atoms with van der Waals surface area (Å²) in [5, 5.41) is 3.60. The molecule has 0 aliphatic rings. The Kier molecular flexibility index (Phi) is 5.86. The number of hydrogen-bond donors (Lipinski definition) is 1. The molecule has 1 heterocycles. The maximum Gasteiger partial charge on any atom is 0.266 e. The number of carbonyl (C=O) groups excluding carboxylic acids is 1. The predicted octanol–water partition coefficient (Wildman–Crippen LogP) is 4.87. The number of para-hydroxylation sites is 1. The zero-order valence-electron chi connectivity index (χ0n) is 17.1. The van der Waals surface area contributed by atoms with Crippen LogP contribution in [0.5, 0.6) is 0 Å². The molecule has 0 saturated carbocycles. The lowest BCUT2D eigenvalue weighted by Crippen LogP contribution is -2.23. The standard InChI is InChI=1S/C24H20FN3O2S/c1-15-10-11-21(16(2)12-15)28-23(30)19-8-3-4-9-20(19)27-24(28)31-14-22(29)26-18-7-5-6-17(25)13-18/h3-13H,14H2,1-2H3,(H,26,29). The minimum absolute atomic E-state index is 0.0200. The van der Waals surface area contributed by atoms with Gasteiger partial charge < -0.3 is 5.32 Å². The lowest BCUT2D eigenvalue weighted by Gasteiger charge is -2.15. The van der Waals surface area contributed by atoms with Gasteiger partial charge in [0.05, 0.1) is 22.3 Å². The molecule has 3 aromatic carbocycles. The summed E-state index contributed by atoms with van der Waals surface area (Å²) in [6.45, 7) is 3.93. The van der Waals surface area contributed by atoms with Gasteiger partial charge in [0.15, 0.2) is 5.16 Å². The molecule has 1 N–H and O–H groups in total. The molecule has 0 saturated heterocycles. The maximum absolute atomic E-state index is 13.4. The Bertz CT molecular complexity index is 1350. The fourth-order valence-corrected chi connectivity index (χ4v) is 4.18. The minimum atomic E-state index is -0.426. The monoisotopic (exact) mass is 433 g/mol. The van der Waals surface area contributed by atoms with Gasteiger partial charge in [-0.2, -0.15) is 0 Å². The maximum atomic E-state index is 13.4. The molecule has 0 unspecified atom stereocenters. The number of fused-ring (bicyclic) bond motifs is 1. The van der Waals surface area contributed by atoms with Crippen LogP contribution in [0.15, 0.2) is 76.7 Å². The minimum Gasteiger partial charge on any atom is -0.325 e. The Labute approximate surface area is 182 Å². The topological polar surface area (TPSA) is 64.0 Å². The molecular weight excluding hydrogens is 413 g/mol. The molecule has 0 aliphatic heterocycles. The SMILES string of the molecule is Cc1ccc(-n2c(SCC(=O)Nc3cccc(F)c3)nc3ccccc3c2=O)c(C)c1. The van der Waals surface area contributed by atoms with Crippen molar-refractivity contribution in [2.45, 2.75) is 19.0 Å². The van der Waals surface area contributed by atoms with E-state index in [0.29, 0.717) is 21.7 Å². The molecule has 0 radical (unpaired) electrons. The third kappa shape index (κ3) is 4.51. The van der Waals surface area contributed by atoms with Crippen LogP contribution in [0.4, 0.5) is 10.1 Å². The smallest absolute Gasteiger partial charge is 0.266 e. The quantitative estimate of drug-likeness (QED) is 0.360. The molecule has 1 amide bonds. The van der Waals surface area contributed by atoms with E-state index in [1.54, 1.807) is 28.8 Å². The van der Waals surface area contributed by atoms with E-state index in [1.807, 2.05) is 38.1 Å². The van der Waals surface area contributed by atoms with Gasteiger partial charge in [0, 0.05) is 5.69 Å². The first-order valence-electron chi connectivity index (χ1n) is 9.70. The van der Waals surface area contributed by atoms with Crippen molar-refractivity contribution in [2.75, 3.05) is 11.1 Å². The van der Waals surface area contributed by atoms with Crippen molar-refractivity contribution < 1.29 is 9.18 Å². The van der Waals surface area contributed by atoms with Crippen molar-refractivity contribution in [1.82, 2.24) is 9.55 Å². The highest BCUT2D eigenvalue weighted by atomic mass is 32.2. The Morgan fingerprint density at radius 2 is 1.87 bits per heavy atom. The number of rotatable bonds is 5. The number of nitrogens with zero attached hydrogens (tertiary/aromatic N) is 2. The van der Waals surface area contributed by atoms with Gasteiger partial charge in [-0.1, -0.05) is 47.7 Å². The van der Waals surface area contributed by atoms with Crippen LogP contribution >= 0.6 is 11.8 Å². The predicted molar refractivity (Wildman–Crippen MR) is 123 cm³/mol. The summed E-state index contributed by atoms with van der Waals surface area (Å²) in [5.74, 6) is -0.720. The second kappa shape index (κ2) is 8.73. The first kappa shape index (κ1) is 20.8. The van der Waals surface area contributed by atoms with E-state index in [9.17, 15) is 14.0 Å². The number of aromatic nitrogens is 2. The molecule has 7 heteroatoms. The number of carbonyl (C=O) groups is 1. The number of aryl methyl sites for hydroxylation is 2. The lowest BCUT2D eigenvalue weighted by molar-refractivity contribution is -0.113. The van der Waals surface area contributed by atoms with E-state index in [4.69, 9.17) is 0 Å². The van der Waals surface area contributed by atoms with E-state index >= 15 is 0 Å². The van der Waals surface area contributed by atoms with Gasteiger partial charge in [-0.05, 0) is 55.8 Å². The first-order valence-corrected chi connectivity index (χ1v) is 10.7. The average molecular weight is 434 g/mol. The van der Waals surface area contributed by atoms with Crippen LogP contribution in [-0.2, 0) is 4.79 Å². The molecule has 0 spiro atoms. The van der Waals surface area contributed by atoms with Crippen LogP contribution in [0.25, 0.3) is 16.6 Å². The third-order valence-corrected chi connectivity index (χ3v) is 5.72. The fraction of sp³-hybridized carbons (Fsp3) is 0.125. The number of anilines is 1. The summed E-state index contributed by atoms with van der Waals surface area (Å²) in [4.78, 5) is 30.4. The van der Waals surface area contributed by atoms with E-state index < -0.39 is 5.82 Å².